The Hall–Kier alpha value is -4.52. The van der Waals surface area contributed by atoms with Gasteiger partial charge in [-0.25, -0.2) is 0 Å². The van der Waals surface area contributed by atoms with Crippen molar-refractivity contribution in [2.75, 3.05) is 42.7 Å². The van der Waals surface area contributed by atoms with Gasteiger partial charge < -0.3 is 38.9 Å². The van der Waals surface area contributed by atoms with E-state index in [-0.39, 0.29) is 29.6 Å². The lowest BCUT2D eigenvalue weighted by molar-refractivity contribution is -0.117. The lowest BCUT2D eigenvalue weighted by atomic mass is 9.73. The van der Waals surface area contributed by atoms with Gasteiger partial charge in [-0.15, -0.1) is 0 Å². The van der Waals surface area contributed by atoms with Crippen LogP contribution in [0, 0.1) is 11.3 Å². The van der Waals surface area contributed by atoms with E-state index in [1.165, 1.54) is 42.7 Å². The number of allylic oxidation sites excluding steroid dienone is 3. The molecule has 1 aliphatic carbocycles. The number of hydrogen-bond donors (Lipinski definition) is 1. The molecule has 1 heterocycles. The first-order valence-electron chi connectivity index (χ1n) is 11.8. The first kappa shape index (κ1) is 26.5. The van der Waals surface area contributed by atoms with Crippen molar-refractivity contribution in [3.8, 4) is 40.6 Å². The highest BCUT2D eigenvalue weighted by Gasteiger charge is 2.42. The molecule has 4 rings (SSSR count). The van der Waals surface area contributed by atoms with Crippen molar-refractivity contribution < 1.29 is 38.0 Å². The summed E-state index contributed by atoms with van der Waals surface area (Å²) >= 11 is 0. The van der Waals surface area contributed by atoms with E-state index >= 15 is 0 Å². The number of nitriles is 1. The third-order valence-corrected chi connectivity index (χ3v) is 6.84. The number of ether oxygens (including phenoxy) is 7. The fourth-order valence-corrected chi connectivity index (χ4v) is 5.08. The number of carbonyl (C=O) groups excluding carboxylic acids is 1. The minimum atomic E-state index is -0.758. The summed E-state index contributed by atoms with van der Waals surface area (Å²) in [5, 5.41) is 9.99. The van der Waals surface area contributed by atoms with Gasteiger partial charge in [-0.05, 0) is 41.3 Å². The second kappa shape index (κ2) is 10.8. The molecule has 2 aromatic carbocycles. The smallest absolute Gasteiger partial charge is 0.205 e. The molecule has 2 aliphatic rings. The second-order valence-corrected chi connectivity index (χ2v) is 8.71. The topological polar surface area (TPSA) is 131 Å². The number of methoxy groups -OCH3 is 6. The minimum Gasteiger partial charge on any atom is -0.493 e. The van der Waals surface area contributed by atoms with E-state index in [1.54, 1.807) is 12.1 Å². The van der Waals surface area contributed by atoms with Gasteiger partial charge in [0.2, 0.25) is 17.4 Å². The van der Waals surface area contributed by atoms with Crippen molar-refractivity contribution in [3.05, 3.63) is 58.2 Å². The molecule has 0 bridgehead atoms. The number of benzene rings is 2. The average molecular weight is 523 g/mol. The third-order valence-electron chi connectivity index (χ3n) is 6.84. The predicted octanol–water partition coefficient (Wildman–Crippen LogP) is 3.95. The van der Waals surface area contributed by atoms with E-state index in [9.17, 15) is 10.1 Å². The molecular formula is C28H30N2O8. The van der Waals surface area contributed by atoms with Gasteiger partial charge in [-0.3, -0.25) is 4.79 Å². The number of Topliss-reactive ketones (excluding diaryl/α,β-unsaturated/α-hetero) is 1. The van der Waals surface area contributed by atoms with Crippen LogP contribution in [0.4, 0.5) is 0 Å². The first-order chi connectivity index (χ1) is 18.3. The number of hydrogen-bond acceptors (Lipinski definition) is 10. The van der Waals surface area contributed by atoms with Gasteiger partial charge >= 0.3 is 0 Å². The standard InChI is InChI=1S/C28H30N2O8/c1-32-20-9-15(10-21(33-2)26(20)36-5)14-7-18(31)25-19(8-14)38-28(30)17(13-29)24(25)16-11-22(34-3)27(37-6)23(12-16)35-4/h9-12,14,24H,7-8,30H2,1-6H3/t14-,24+/m1/s1. The van der Waals surface area contributed by atoms with Crippen LogP contribution in [-0.2, 0) is 9.53 Å². The minimum absolute atomic E-state index is 0.0525. The maximum atomic E-state index is 13.7. The van der Waals surface area contributed by atoms with Crippen molar-refractivity contribution >= 4 is 5.78 Å². The molecule has 200 valence electrons. The van der Waals surface area contributed by atoms with Gasteiger partial charge in [0.25, 0.3) is 0 Å². The van der Waals surface area contributed by atoms with Gasteiger partial charge in [0.15, 0.2) is 28.8 Å². The molecule has 0 spiro atoms. The van der Waals surface area contributed by atoms with Gasteiger partial charge in [-0.1, -0.05) is 0 Å². The normalized spacial score (nSPS) is 18.7. The Kier molecular flexibility index (Phi) is 7.57. The molecule has 0 unspecified atom stereocenters. The van der Waals surface area contributed by atoms with E-state index in [4.69, 9.17) is 38.9 Å². The van der Waals surface area contributed by atoms with Gasteiger partial charge in [0, 0.05) is 18.4 Å². The lowest BCUT2D eigenvalue weighted by Gasteiger charge is -2.34. The second-order valence-electron chi connectivity index (χ2n) is 8.71. The molecule has 0 saturated heterocycles. The molecule has 0 aromatic heterocycles. The fourth-order valence-electron chi connectivity index (χ4n) is 5.08. The molecule has 1 aliphatic heterocycles. The Bertz CT molecular complexity index is 1320. The molecular weight excluding hydrogens is 492 g/mol. The molecule has 0 radical (unpaired) electrons. The quantitative estimate of drug-likeness (QED) is 0.544. The average Bonchev–Trinajstić information content (AvgIpc) is 2.94. The molecule has 10 nitrogen and oxygen atoms in total. The van der Waals surface area contributed by atoms with E-state index in [2.05, 4.69) is 6.07 Å². The SMILES string of the molecule is COc1cc([C@@H]2CC(=O)C3=C(C2)OC(N)=C(C#N)[C@@H]3c2cc(OC)c(OC)c(OC)c2)cc(OC)c1OC. The zero-order valence-corrected chi connectivity index (χ0v) is 22.2. The summed E-state index contributed by atoms with van der Waals surface area (Å²) in [5.41, 5.74) is 8.16. The van der Waals surface area contributed by atoms with Gasteiger partial charge in [-0.2, -0.15) is 5.26 Å². The van der Waals surface area contributed by atoms with Crippen LogP contribution in [0.25, 0.3) is 0 Å². The first-order valence-corrected chi connectivity index (χ1v) is 11.8. The molecule has 10 heteroatoms. The summed E-state index contributed by atoms with van der Waals surface area (Å²) in [6.07, 6.45) is 0.556. The lowest BCUT2D eigenvalue weighted by Crippen LogP contribution is -2.30. The fraction of sp³-hybridized carbons (Fsp3) is 0.357. The van der Waals surface area contributed by atoms with E-state index in [0.29, 0.717) is 57.8 Å². The molecule has 2 atom stereocenters. The highest BCUT2D eigenvalue weighted by Crippen LogP contribution is 2.50. The molecule has 0 saturated carbocycles. The summed E-state index contributed by atoms with van der Waals surface area (Å²) in [6.45, 7) is 0. The Balaban J connectivity index is 1.83. The van der Waals surface area contributed by atoms with Crippen molar-refractivity contribution in [3.63, 3.8) is 0 Å². The largest absolute Gasteiger partial charge is 0.493 e. The van der Waals surface area contributed by atoms with Crippen molar-refractivity contribution in [1.29, 1.82) is 5.26 Å². The molecule has 0 amide bonds. The Morgan fingerprint density at radius 2 is 1.26 bits per heavy atom. The Labute approximate surface area is 221 Å². The molecule has 2 N–H and O–H groups in total. The van der Waals surface area contributed by atoms with Gasteiger partial charge in [0.05, 0.1) is 48.6 Å². The van der Waals surface area contributed by atoms with E-state index < -0.39 is 5.92 Å². The number of nitrogens with two attached hydrogens (primary N) is 1. The van der Waals surface area contributed by atoms with Crippen LogP contribution in [-0.4, -0.2) is 48.4 Å². The van der Waals surface area contributed by atoms with Crippen LogP contribution < -0.4 is 34.2 Å². The van der Waals surface area contributed by atoms with Crippen LogP contribution in [0.1, 0.15) is 35.8 Å². The summed E-state index contributed by atoms with van der Waals surface area (Å²) in [6, 6.07) is 9.20. The molecule has 2 aromatic rings. The molecule has 0 fully saturated rings. The summed E-state index contributed by atoms with van der Waals surface area (Å²) in [5.74, 6) is 1.81. The maximum absolute atomic E-state index is 13.7. The third kappa shape index (κ3) is 4.41. The van der Waals surface area contributed by atoms with Crippen LogP contribution >= 0.6 is 0 Å². The number of rotatable bonds is 8. The van der Waals surface area contributed by atoms with Crippen LogP contribution in [0.2, 0.25) is 0 Å². The zero-order valence-electron chi connectivity index (χ0n) is 22.2. The van der Waals surface area contributed by atoms with Crippen LogP contribution in [0.15, 0.2) is 47.1 Å². The summed E-state index contributed by atoms with van der Waals surface area (Å²) < 4.78 is 38.8. The number of carbonyl (C=O) groups is 1. The van der Waals surface area contributed by atoms with Crippen molar-refractivity contribution in [1.82, 2.24) is 0 Å². The van der Waals surface area contributed by atoms with Crippen molar-refractivity contribution in [2.45, 2.75) is 24.7 Å². The monoisotopic (exact) mass is 522 g/mol. The van der Waals surface area contributed by atoms with Crippen LogP contribution in [0.5, 0.6) is 34.5 Å². The highest BCUT2D eigenvalue weighted by atomic mass is 16.5. The number of nitrogens with zero attached hydrogens (tertiary/aromatic N) is 1. The van der Waals surface area contributed by atoms with Crippen LogP contribution in [0.3, 0.4) is 0 Å². The van der Waals surface area contributed by atoms with E-state index in [1.807, 2.05) is 12.1 Å². The van der Waals surface area contributed by atoms with E-state index in [0.717, 1.165) is 5.56 Å². The predicted molar refractivity (Wildman–Crippen MR) is 137 cm³/mol. The number of ketones is 1. The Morgan fingerprint density at radius 3 is 1.68 bits per heavy atom. The van der Waals surface area contributed by atoms with Gasteiger partial charge in [0.1, 0.15) is 17.4 Å². The summed E-state index contributed by atoms with van der Waals surface area (Å²) in [7, 11) is 9.10. The zero-order chi connectivity index (χ0) is 27.6. The Morgan fingerprint density at radius 1 is 0.789 bits per heavy atom. The highest BCUT2D eigenvalue weighted by molar-refractivity contribution is 6.00. The van der Waals surface area contributed by atoms with Crippen molar-refractivity contribution in [2.24, 2.45) is 5.73 Å². The maximum Gasteiger partial charge on any atom is 0.205 e. The summed E-state index contributed by atoms with van der Waals surface area (Å²) in [4.78, 5) is 13.7. The molecule has 38 heavy (non-hydrogen) atoms.